The molecule has 0 amide bonds. The molecule has 1 aliphatic heterocycles. The first kappa shape index (κ1) is 22.2. The molecule has 1 aliphatic rings. The number of fused-ring (bicyclic) bond motifs is 1. The smallest absolute Gasteiger partial charge is 0.146 e. The van der Waals surface area contributed by atoms with E-state index in [9.17, 15) is 4.39 Å². The summed E-state index contributed by atoms with van der Waals surface area (Å²) in [7, 11) is 1.67. The number of morpholine rings is 1. The predicted molar refractivity (Wildman–Crippen MR) is 136 cm³/mol. The Morgan fingerprint density at radius 3 is 2.35 bits per heavy atom. The maximum atomic E-state index is 14.1. The number of ether oxygens (including phenoxy) is 2. The van der Waals surface area contributed by atoms with E-state index in [-0.39, 0.29) is 17.9 Å². The third-order valence-corrected chi connectivity index (χ3v) is 6.33. The molecule has 0 unspecified atom stereocenters. The minimum absolute atomic E-state index is 0.126. The summed E-state index contributed by atoms with van der Waals surface area (Å²) in [5.74, 6) is 0.298. The van der Waals surface area contributed by atoms with Crippen LogP contribution in [0.3, 0.4) is 0 Å². The molecule has 1 saturated heterocycles. The predicted octanol–water partition coefficient (Wildman–Crippen LogP) is 5.91. The topological polar surface area (TPSA) is 60.6 Å². The SMILES string of the molecule is COc1c(-c2ccc(N3C[C@@H](C)O[C@@H](C)C3)cc2)cnc2c(-c3ccc(N)c(F)c3)cccc12. The zero-order valence-corrected chi connectivity index (χ0v) is 19.6. The highest BCUT2D eigenvalue weighted by atomic mass is 19.1. The lowest BCUT2D eigenvalue weighted by Crippen LogP contribution is -2.45. The van der Waals surface area contributed by atoms with Gasteiger partial charge >= 0.3 is 0 Å². The number of pyridine rings is 1. The molecule has 34 heavy (non-hydrogen) atoms. The van der Waals surface area contributed by atoms with Gasteiger partial charge in [0.25, 0.3) is 0 Å². The summed E-state index contributed by atoms with van der Waals surface area (Å²) in [6.07, 6.45) is 2.24. The van der Waals surface area contributed by atoms with Gasteiger partial charge in [0, 0.05) is 41.5 Å². The highest BCUT2D eigenvalue weighted by Gasteiger charge is 2.22. The Hall–Kier alpha value is -3.64. The van der Waals surface area contributed by atoms with Gasteiger partial charge in [-0.25, -0.2) is 4.39 Å². The lowest BCUT2D eigenvalue weighted by atomic mass is 9.98. The Balaban J connectivity index is 1.54. The number of para-hydroxylation sites is 1. The van der Waals surface area contributed by atoms with Gasteiger partial charge in [0.1, 0.15) is 11.6 Å². The number of aromatic nitrogens is 1. The van der Waals surface area contributed by atoms with Gasteiger partial charge in [0.2, 0.25) is 0 Å². The molecule has 1 aromatic heterocycles. The molecule has 4 aromatic rings. The quantitative estimate of drug-likeness (QED) is 0.386. The molecule has 3 aromatic carbocycles. The highest BCUT2D eigenvalue weighted by molar-refractivity contribution is 6.00. The number of nitrogen functional groups attached to an aromatic ring is 1. The van der Waals surface area contributed by atoms with Crippen molar-refractivity contribution in [1.82, 2.24) is 4.98 Å². The molecule has 1 fully saturated rings. The van der Waals surface area contributed by atoms with Crippen molar-refractivity contribution >= 4 is 22.3 Å². The van der Waals surface area contributed by atoms with Crippen molar-refractivity contribution in [2.24, 2.45) is 0 Å². The van der Waals surface area contributed by atoms with Crippen LogP contribution in [0.2, 0.25) is 0 Å². The fraction of sp³-hybridized carbons (Fsp3) is 0.250. The highest BCUT2D eigenvalue weighted by Crippen LogP contribution is 2.39. The summed E-state index contributed by atoms with van der Waals surface area (Å²) in [4.78, 5) is 7.12. The van der Waals surface area contributed by atoms with Crippen molar-refractivity contribution in [3.05, 3.63) is 72.7 Å². The minimum Gasteiger partial charge on any atom is -0.495 e. The summed E-state index contributed by atoms with van der Waals surface area (Å²) < 4.78 is 25.8. The number of nitrogens with zero attached hydrogens (tertiary/aromatic N) is 2. The molecule has 2 heterocycles. The van der Waals surface area contributed by atoms with Crippen molar-refractivity contribution in [3.8, 4) is 28.0 Å². The Morgan fingerprint density at radius 2 is 1.68 bits per heavy atom. The van der Waals surface area contributed by atoms with E-state index < -0.39 is 5.82 Å². The van der Waals surface area contributed by atoms with Crippen molar-refractivity contribution in [2.45, 2.75) is 26.1 Å². The summed E-state index contributed by atoms with van der Waals surface area (Å²) in [5, 5.41) is 0.870. The lowest BCUT2D eigenvalue weighted by Gasteiger charge is -2.36. The van der Waals surface area contributed by atoms with Crippen LogP contribution in [-0.4, -0.2) is 37.4 Å². The van der Waals surface area contributed by atoms with E-state index in [1.807, 2.05) is 24.4 Å². The molecule has 0 aliphatic carbocycles. The van der Waals surface area contributed by atoms with Crippen LogP contribution in [0.25, 0.3) is 33.2 Å². The summed E-state index contributed by atoms with van der Waals surface area (Å²) in [6, 6.07) is 19.1. The number of anilines is 2. The average Bonchev–Trinajstić information content (AvgIpc) is 2.84. The lowest BCUT2D eigenvalue weighted by molar-refractivity contribution is -0.00521. The Labute approximate surface area is 198 Å². The van der Waals surface area contributed by atoms with Gasteiger partial charge in [0.15, 0.2) is 0 Å². The zero-order chi connectivity index (χ0) is 23.8. The third-order valence-electron chi connectivity index (χ3n) is 6.33. The van der Waals surface area contributed by atoms with Crippen LogP contribution in [0.15, 0.2) is 66.9 Å². The molecule has 6 heteroatoms. The largest absolute Gasteiger partial charge is 0.495 e. The van der Waals surface area contributed by atoms with Crippen LogP contribution >= 0.6 is 0 Å². The van der Waals surface area contributed by atoms with Gasteiger partial charge in [-0.05, 0) is 55.3 Å². The van der Waals surface area contributed by atoms with Gasteiger partial charge in [-0.15, -0.1) is 0 Å². The fourth-order valence-electron chi connectivity index (χ4n) is 4.79. The Bertz CT molecular complexity index is 1330. The Kier molecular flexibility index (Phi) is 5.84. The number of nitrogens with two attached hydrogens (primary N) is 1. The van der Waals surface area contributed by atoms with Gasteiger partial charge in [0.05, 0.1) is 30.5 Å². The summed E-state index contributed by atoms with van der Waals surface area (Å²) in [6.45, 7) is 5.96. The molecule has 0 bridgehead atoms. The average molecular weight is 458 g/mol. The van der Waals surface area contributed by atoms with Gasteiger partial charge in [-0.3, -0.25) is 4.98 Å². The molecule has 174 valence electrons. The van der Waals surface area contributed by atoms with Crippen LogP contribution in [0, 0.1) is 5.82 Å². The summed E-state index contributed by atoms with van der Waals surface area (Å²) in [5.41, 5.74) is 11.2. The molecule has 2 atom stereocenters. The van der Waals surface area contributed by atoms with Gasteiger partial charge < -0.3 is 20.1 Å². The van der Waals surface area contributed by atoms with Crippen molar-refractivity contribution in [3.63, 3.8) is 0 Å². The van der Waals surface area contributed by atoms with Crippen LogP contribution in [0.1, 0.15) is 13.8 Å². The van der Waals surface area contributed by atoms with Gasteiger partial charge in [-0.1, -0.05) is 30.3 Å². The maximum absolute atomic E-state index is 14.1. The molecule has 0 spiro atoms. The number of rotatable bonds is 4. The van der Waals surface area contributed by atoms with Crippen molar-refractivity contribution in [1.29, 1.82) is 0 Å². The molecular formula is C28H28FN3O2. The van der Waals surface area contributed by atoms with Crippen molar-refractivity contribution < 1.29 is 13.9 Å². The van der Waals surface area contributed by atoms with Crippen LogP contribution < -0.4 is 15.4 Å². The number of hydrogen-bond donors (Lipinski definition) is 1. The zero-order valence-electron chi connectivity index (χ0n) is 19.6. The van der Waals surface area contributed by atoms with E-state index in [0.29, 0.717) is 0 Å². The van der Waals surface area contributed by atoms with E-state index in [4.69, 9.17) is 20.2 Å². The number of methoxy groups -OCH3 is 1. The first-order valence-electron chi connectivity index (χ1n) is 11.5. The summed E-state index contributed by atoms with van der Waals surface area (Å²) >= 11 is 0. The number of hydrogen-bond acceptors (Lipinski definition) is 5. The number of halogens is 1. The first-order chi connectivity index (χ1) is 16.4. The third kappa shape index (κ3) is 4.05. The Morgan fingerprint density at radius 1 is 0.971 bits per heavy atom. The fourth-order valence-corrected chi connectivity index (χ4v) is 4.79. The van der Waals surface area contributed by atoms with Crippen LogP contribution in [0.4, 0.5) is 15.8 Å². The van der Waals surface area contributed by atoms with E-state index >= 15 is 0 Å². The van der Waals surface area contributed by atoms with Crippen LogP contribution in [-0.2, 0) is 4.74 Å². The number of benzene rings is 3. The van der Waals surface area contributed by atoms with Crippen molar-refractivity contribution in [2.75, 3.05) is 30.8 Å². The standard InChI is InChI=1S/C28H28FN3O2/c1-17-15-32(16-18(2)34-17)21-10-7-19(8-11-21)24-14-31-27-22(5-4-6-23(27)28(24)33-3)20-9-12-26(30)25(29)13-20/h4-14,17-18H,15-16,30H2,1-3H3/t17-,18+. The second-order valence-corrected chi connectivity index (χ2v) is 8.85. The molecule has 0 radical (unpaired) electrons. The normalized spacial score (nSPS) is 18.3. The van der Waals surface area contributed by atoms with E-state index in [2.05, 4.69) is 43.0 Å². The molecule has 0 saturated carbocycles. The van der Waals surface area contributed by atoms with Crippen LogP contribution in [0.5, 0.6) is 5.75 Å². The maximum Gasteiger partial charge on any atom is 0.146 e. The van der Waals surface area contributed by atoms with Gasteiger partial charge in [-0.2, -0.15) is 0 Å². The molecular weight excluding hydrogens is 429 g/mol. The first-order valence-corrected chi connectivity index (χ1v) is 11.5. The molecule has 5 rings (SSSR count). The van der Waals surface area contributed by atoms with E-state index in [1.165, 1.54) is 11.8 Å². The molecule has 2 N–H and O–H groups in total. The molecule has 5 nitrogen and oxygen atoms in total. The van der Waals surface area contributed by atoms with E-state index in [1.54, 1.807) is 19.2 Å². The van der Waals surface area contributed by atoms with E-state index in [0.717, 1.165) is 52.0 Å². The second-order valence-electron chi connectivity index (χ2n) is 8.85. The second kappa shape index (κ2) is 8.95. The minimum atomic E-state index is -0.442. The monoisotopic (exact) mass is 457 g/mol.